The minimum absolute atomic E-state index is 0.225. The summed E-state index contributed by atoms with van der Waals surface area (Å²) in [5, 5.41) is 9.91. The molecule has 1 fully saturated rings. The van der Waals surface area contributed by atoms with E-state index in [0.717, 1.165) is 23.3 Å². The molecule has 0 aromatic heterocycles. The molecule has 1 heterocycles. The number of hydrogen-bond acceptors (Lipinski definition) is 3. The van der Waals surface area contributed by atoms with E-state index in [1.165, 1.54) is 6.07 Å². The molecular weight excluding hydrogens is 370 g/mol. The molecule has 1 saturated heterocycles. The zero-order chi connectivity index (χ0) is 19.9. The molecule has 144 valence electrons. The predicted molar refractivity (Wildman–Crippen MR) is 95.5 cm³/mol. The highest BCUT2D eigenvalue weighted by molar-refractivity contribution is 6.07. The lowest BCUT2D eigenvalue weighted by Gasteiger charge is -2.18. The fourth-order valence-electron chi connectivity index (χ4n) is 3.58. The van der Waals surface area contributed by atoms with Crippen LogP contribution in [0.25, 0.3) is 0 Å². The number of carbonyl (C=O) groups is 3. The molecule has 1 aliphatic carbocycles. The van der Waals surface area contributed by atoms with Crippen LogP contribution in [0.5, 0.6) is 0 Å². The van der Waals surface area contributed by atoms with Gasteiger partial charge in [0.05, 0.1) is 6.54 Å². The van der Waals surface area contributed by atoms with Gasteiger partial charge in [0.1, 0.15) is 17.2 Å². The van der Waals surface area contributed by atoms with Crippen molar-refractivity contribution in [2.24, 2.45) is 0 Å². The Labute approximate surface area is 158 Å². The number of amides is 5. The summed E-state index contributed by atoms with van der Waals surface area (Å²) in [7, 11) is 0. The molecule has 7 nitrogen and oxygen atoms in total. The number of carbonyl (C=O) groups excluding carboxylic acids is 3. The van der Waals surface area contributed by atoms with E-state index in [-0.39, 0.29) is 18.0 Å². The minimum atomic E-state index is -0.983. The molecule has 4 rings (SSSR count). The maximum atomic E-state index is 13.6. The van der Waals surface area contributed by atoms with Crippen LogP contribution in [0.4, 0.5) is 24.1 Å². The van der Waals surface area contributed by atoms with E-state index in [9.17, 15) is 23.2 Å². The van der Waals surface area contributed by atoms with Gasteiger partial charge in [-0.25, -0.2) is 18.4 Å². The molecule has 0 radical (unpaired) electrons. The Hall–Kier alpha value is -3.49. The second-order valence-corrected chi connectivity index (χ2v) is 6.84. The maximum absolute atomic E-state index is 13.6. The Kier molecular flexibility index (Phi) is 4.21. The lowest BCUT2D eigenvalue weighted by atomic mass is 9.96. The van der Waals surface area contributed by atoms with Gasteiger partial charge >= 0.3 is 12.1 Å². The van der Waals surface area contributed by atoms with Crippen LogP contribution < -0.4 is 21.3 Å². The summed E-state index contributed by atoms with van der Waals surface area (Å²) in [5.41, 5.74) is 0.985. The molecule has 2 aliphatic rings. The zero-order valence-electron chi connectivity index (χ0n) is 14.6. The molecule has 2 aromatic rings. The maximum Gasteiger partial charge on any atom is 0.322 e. The van der Waals surface area contributed by atoms with E-state index >= 15 is 0 Å². The summed E-state index contributed by atoms with van der Waals surface area (Å²) in [6.45, 7) is -0.301. The van der Waals surface area contributed by atoms with E-state index in [2.05, 4.69) is 21.3 Å². The Balaban J connectivity index is 1.41. The van der Waals surface area contributed by atoms with E-state index < -0.39 is 29.2 Å². The van der Waals surface area contributed by atoms with E-state index in [1.807, 2.05) is 0 Å². The standard InChI is InChI=1S/C19H16F2N4O3/c20-14-2-1-3-15(21)13(14)9-22-17(27)23-12-5-4-10-7-19(8-11(10)6-12)16(26)24-18(28)25-19/h1-6H,7-9H2,(H2,22,23,27)(H2,24,25,26,28). The molecule has 28 heavy (non-hydrogen) atoms. The average molecular weight is 386 g/mol. The molecule has 2 aromatic carbocycles. The van der Waals surface area contributed by atoms with Crippen LogP contribution in [0.1, 0.15) is 16.7 Å². The second-order valence-electron chi connectivity index (χ2n) is 6.84. The van der Waals surface area contributed by atoms with Crippen molar-refractivity contribution in [2.45, 2.75) is 24.9 Å². The van der Waals surface area contributed by atoms with Crippen LogP contribution in [0.3, 0.4) is 0 Å². The number of benzene rings is 2. The first-order chi connectivity index (χ1) is 13.4. The zero-order valence-corrected chi connectivity index (χ0v) is 14.6. The SMILES string of the molecule is O=C(NCc1c(F)cccc1F)Nc1ccc2c(c1)CC1(C2)NC(=O)NC1=O. The smallest absolute Gasteiger partial charge is 0.322 e. The van der Waals surface area contributed by atoms with Crippen molar-refractivity contribution in [1.82, 2.24) is 16.0 Å². The number of imide groups is 1. The van der Waals surface area contributed by atoms with Gasteiger partial charge in [-0.05, 0) is 35.4 Å². The molecule has 1 aliphatic heterocycles. The van der Waals surface area contributed by atoms with Crippen LogP contribution in [0.15, 0.2) is 36.4 Å². The fraction of sp³-hybridized carbons (Fsp3) is 0.211. The largest absolute Gasteiger partial charge is 0.334 e. The Morgan fingerprint density at radius 3 is 2.46 bits per heavy atom. The first-order valence-corrected chi connectivity index (χ1v) is 8.59. The van der Waals surface area contributed by atoms with Crippen molar-refractivity contribution in [3.8, 4) is 0 Å². The van der Waals surface area contributed by atoms with Gasteiger partial charge in [0, 0.05) is 24.1 Å². The molecule has 5 amide bonds. The highest BCUT2D eigenvalue weighted by Crippen LogP contribution is 2.33. The normalized spacial score (nSPS) is 19.9. The average Bonchev–Trinajstić information content (AvgIpc) is 3.12. The van der Waals surface area contributed by atoms with Crippen LogP contribution >= 0.6 is 0 Å². The van der Waals surface area contributed by atoms with Gasteiger partial charge in [0.2, 0.25) is 0 Å². The first-order valence-electron chi connectivity index (χ1n) is 8.59. The number of anilines is 1. The van der Waals surface area contributed by atoms with Crippen molar-refractivity contribution in [3.05, 3.63) is 64.7 Å². The fourth-order valence-corrected chi connectivity index (χ4v) is 3.58. The lowest BCUT2D eigenvalue weighted by Crippen LogP contribution is -2.47. The van der Waals surface area contributed by atoms with E-state index in [1.54, 1.807) is 18.2 Å². The highest BCUT2D eigenvalue weighted by atomic mass is 19.1. The van der Waals surface area contributed by atoms with E-state index in [4.69, 9.17) is 0 Å². The summed E-state index contributed by atoms with van der Waals surface area (Å²) in [4.78, 5) is 35.6. The summed E-state index contributed by atoms with van der Waals surface area (Å²) >= 11 is 0. The van der Waals surface area contributed by atoms with Crippen molar-refractivity contribution in [3.63, 3.8) is 0 Å². The lowest BCUT2D eigenvalue weighted by molar-refractivity contribution is -0.123. The Morgan fingerprint density at radius 1 is 1.07 bits per heavy atom. The van der Waals surface area contributed by atoms with Crippen molar-refractivity contribution in [2.75, 3.05) is 5.32 Å². The monoisotopic (exact) mass is 386 g/mol. The summed E-state index contributed by atoms with van der Waals surface area (Å²) in [5.74, 6) is -1.84. The van der Waals surface area contributed by atoms with Crippen LogP contribution in [0, 0.1) is 11.6 Å². The number of hydrogen-bond donors (Lipinski definition) is 4. The first kappa shape index (κ1) is 17.9. The van der Waals surface area contributed by atoms with Crippen LogP contribution in [0.2, 0.25) is 0 Å². The summed E-state index contributed by atoms with van der Waals surface area (Å²) in [6.07, 6.45) is 0.691. The quantitative estimate of drug-likeness (QED) is 0.607. The minimum Gasteiger partial charge on any atom is -0.334 e. The van der Waals surface area contributed by atoms with Gasteiger partial charge in [-0.15, -0.1) is 0 Å². The predicted octanol–water partition coefficient (Wildman–Crippen LogP) is 1.96. The van der Waals surface area contributed by atoms with Gasteiger partial charge in [0.15, 0.2) is 0 Å². The Bertz CT molecular complexity index is 990. The van der Waals surface area contributed by atoms with Gasteiger partial charge < -0.3 is 16.0 Å². The molecule has 1 spiro atoms. The number of rotatable bonds is 3. The van der Waals surface area contributed by atoms with Crippen molar-refractivity contribution < 1.29 is 23.2 Å². The van der Waals surface area contributed by atoms with Gasteiger partial charge in [-0.1, -0.05) is 12.1 Å². The third kappa shape index (κ3) is 3.15. The van der Waals surface area contributed by atoms with Crippen LogP contribution in [-0.2, 0) is 24.2 Å². The van der Waals surface area contributed by atoms with Gasteiger partial charge in [0.25, 0.3) is 5.91 Å². The van der Waals surface area contributed by atoms with Gasteiger partial charge in [-0.2, -0.15) is 0 Å². The molecule has 9 heteroatoms. The van der Waals surface area contributed by atoms with Gasteiger partial charge in [-0.3, -0.25) is 10.1 Å². The third-order valence-electron chi connectivity index (χ3n) is 4.95. The number of fused-ring (bicyclic) bond motifs is 1. The molecule has 1 atom stereocenters. The summed E-state index contributed by atoms with van der Waals surface area (Å²) < 4.78 is 27.2. The molecule has 0 saturated carbocycles. The highest BCUT2D eigenvalue weighted by Gasteiger charge is 2.49. The van der Waals surface area contributed by atoms with E-state index in [0.29, 0.717) is 18.5 Å². The van der Waals surface area contributed by atoms with Crippen LogP contribution in [-0.4, -0.2) is 23.5 Å². The summed E-state index contributed by atoms with van der Waals surface area (Å²) in [6, 6.07) is 7.49. The number of nitrogens with one attached hydrogen (secondary N) is 4. The molecule has 1 unspecified atom stereocenters. The van der Waals surface area contributed by atoms with Crippen molar-refractivity contribution >= 4 is 23.7 Å². The van der Waals surface area contributed by atoms with Crippen molar-refractivity contribution in [1.29, 1.82) is 0 Å². The number of halogens is 2. The third-order valence-corrected chi connectivity index (χ3v) is 4.95. The molecular formula is C19H16F2N4O3. The second kappa shape index (κ2) is 6.59. The topological polar surface area (TPSA) is 99.3 Å². The molecule has 0 bridgehead atoms. The molecule has 4 N–H and O–H groups in total. The Morgan fingerprint density at radius 2 is 1.79 bits per heavy atom. The number of urea groups is 2.